The number of amides is 1. The lowest BCUT2D eigenvalue weighted by Gasteiger charge is -2.17. The Morgan fingerprint density at radius 2 is 2.00 bits per heavy atom. The maximum Gasteiger partial charge on any atom is 0.255 e. The summed E-state index contributed by atoms with van der Waals surface area (Å²) in [5, 5.41) is 3.01. The molecule has 1 saturated carbocycles. The molecule has 5 nitrogen and oxygen atoms in total. The number of hydrogen-bond acceptors (Lipinski definition) is 3. The predicted octanol–water partition coefficient (Wildman–Crippen LogP) is 3.27. The lowest BCUT2D eigenvalue weighted by atomic mass is 10.2. The lowest BCUT2D eigenvalue weighted by molar-refractivity contribution is -0.124. The Morgan fingerprint density at radius 1 is 1.18 bits per heavy atom. The van der Waals surface area contributed by atoms with Crippen molar-refractivity contribution in [2.24, 2.45) is 0 Å². The Bertz CT molecular complexity index is 682. The van der Waals surface area contributed by atoms with Crippen LogP contribution in [0.25, 0.3) is 11.0 Å². The summed E-state index contributed by atoms with van der Waals surface area (Å²) >= 11 is 0. The van der Waals surface area contributed by atoms with Gasteiger partial charge in [-0.25, -0.2) is 4.98 Å². The lowest BCUT2D eigenvalue weighted by Crippen LogP contribution is -2.28. The molecule has 0 spiro atoms. The number of anilines is 1. The second-order valence-electron chi connectivity index (χ2n) is 6.22. The molecule has 22 heavy (non-hydrogen) atoms. The fourth-order valence-corrected chi connectivity index (χ4v) is 3.64. The fraction of sp³-hybridized carbons (Fsp3) is 0.529. The molecule has 1 aliphatic heterocycles. The summed E-state index contributed by atoms with van der Waals surface area (Å²) in [6, 6.07) is 8.54. The predicted molar refractivity (Wildman–Crippen MR) is 84.8 cm³/mol. The number of fused-ring (bicyclic) bond motifs is 1. The van der Waals surface area contributed by atoms with Crippen molar-refractivity contribution in [3.63, 3.8) is 0 Å². The van der Waals surface area contributed by atoms with E-state index in [0.29, 0.717) is 18.6 Å². The molecule has 116 valence electrons. The van der Waals surface area contributed by atoms with Crippen LogP contribution >= 0.6 is 0 Å². The van der Waals surface area contributed by atoms with Crippen molar-refractivity contribution in [3.05, 3.63) is 24.3 Å². The molecule has 1 unspecified atom stereocenters. The molecule has 2 aromatic rings. The van der Waals surface area contributed by atoms with Crippen LogP contribution < -0.4 is 5.32 Å². The number of rotatable bonds is 3. The van der Waals surface area contributed by atoms with Gasteiger partial charge in [0, 0.05) is 12.6 Å². The van der Waals surface area contributed by atoms with Gasteiger partial charge in [0.05, 0.1) is 11.0 Å². The summed E-state index contributed by atoms with van der Waals surface area (Å²) < 4.78 is 7.69. The van der Waals surface area contributed by atoms with E-state index in [1.54, 1.807) is 0 Å². The molecule has 1 aliphatic carbocycles. The minimum absolute atomic E-state index is 0.0629. The zero-order valence-corrected chi connectivity index (χ0v) is 12.6. The molecular formula is C17H21N3O2. The summed E-state index contributed by atoms with van der Waals surface area (Å²) in [5.74, 6) is 0.612. The molecule has 4 rings (SSSR count). The van der Waals surface area contributed by atoms with Gasteiger partial charge in [0.25, 0.3) is 5.91 Å². The first-order valence-electron chi connectivity index (χ1n) is 8.22. The van der Waals surface area contributed by atoms with E-state index in [-0.39, 0.29) is 12.0 Å². The number of nitrogens with one attached hydrogen (secondary N) is 1. The van der Waals surface area contributed by atoms with Crippen molar-refractivity contribution in [2.75, 3.05) is 11.9 Å². The zero-order valence-electron chi connectivity index (χ0n) is 12.6. The van der Waals surface area contributed by atoms with Gasteiger partial charge in [0.15, 0.2) is 0 Å². The number of carbonyl (C=O) groups is 1. The molecule has 1 amide bonds. The number of benzene rings is 1. The monoisotopic (exact) mass is 299 g/mol. The molecule has 1 N–H and O–H groups in total. The number of ether oxygens (including phenoxy) is 1. The van der Waals surface area contributed by atoms with Crippen molar-refractivity contribution in [2.45, 2.75) is 50.7 Å². The van der Waals surface area contributed by atoms with Gasteiger partial charge < -0.3 is 9.30 Å². The van der Waals surface area contributed by atoms with Gasteiger partial charge in [-0.1, -0.05) is 25.0 Å². The van der Waals surface area contributed by atoms with E-state index < -0.39 is 0 Å². The molecule has 0 radical (unpaired) electrons. The van der Waals surface area contributed by atoms with Gasteiger partial charge in [-0.3, -0.25) is 10.1 Å². The third-order valence-corrected chi connectivity index (χ3v) is 4.74. The summed E-state index contributed by atoms with van der Waals surface area (Å²) in [6.07, 6.45) is 6.24. The van der Waals surface area contributed by atoms with Crippen LogP contribution in [0.3, 0.4) is 0 Å². The molecule has 1 atom stereocenters. The third-order valence-electron chi connectivity index (χ3n) is 4.74. The molecule has 1 saturated heterocycles. The normalized spacial score (nSPS) is 22.5. The summed E-state index contributed by atoms with van der Waals surface area (Å²) in [4.78, 5) is 17.0. The molecule has 2 aliphatic rings. The molecule has 1 aromatic heterocycles. The molecule has 1 aromatic carbocycles. The summed E-state index contributed by atoms with van der Waals surface area (Å²) in [6.45, 7) is 0.678. The first-order valence-corrected chi connectivity index (χ1v) is 8.22. The highest BCUT2D eigenvalue weighted by atomic mass is 16.5. The highest BCUT2D eigenvalue weighted by molar-refractivity contribution is 5.94. The fourth-order valence-electron chi connectivity index (χ4n) is 3.64. The average molecular weight is 299 g/mol. The van der Waals surface area contributed by atoms with Crippen LogP contribution in [0.1, 0.15) is 44.6 Å². The number of nitrogens with zero attached hydrogens (tertiary/aromatic N) is 2. The van der Waals surface area contributed by atoms with Gasteiger partial charge in [0.2, 0.25) is 5.95 Å². The van der Waals surface area contributed by atoms with Crippen molar-refractivity contribution < 1.29 is 9.53 Å². The Hall–Kier alpha value is -1.88. The van der Waals surface area contributed by atoms with Crippen molar-refractivity contribution in [3.8, 4) is 0 Å². The highest BCUT2D eigenvalue weighted by Gasteiger charge is 2.27. The standard InChI is InChI=1S/C17H21N3O2/c21-16(15-10-5-11-22-15)19-17-18-13-8-3-4-9-14(13)20(17)12-6-1-2-7-12/h3-4,8-9,12,15H,1-2,5-7,10-11H2,(H,18,19,21). The van der Waals surface area contributed by atoms with Crippen LogP contribution in [0.2, 0.25) is 0 Å². The molecule has 0 bridgehead atoms. The van der Waals surface area contributed by atoms with Gasteiger partial charge in [-0.2, -0.15) is 0 Å². The van der Waals surface area contributed by atoms with Crippen LogP contribution in [-0.4, -0.2) is 28.2 Å². The second kappa shape index (κ2) is 5.72. The summed E-state index contributed by atoms with van der Waals surface area (Å²) in [5.41, 5.74) is 2.05. The van der Waals surface area contributed by atoms with E-state index in [1.807, 2.05) is 18.2 Å². The Morgan fingerprint density at radius 3 is 2.77 bits per heavy atom. The smallest absolute Gasteiger partial charge is 0.255 e. The van der Waals surface area contributed by atoms with Gasteiger partial charge in [0.1, 0.15) is 6.10 Å². The van der Waals surface area contributed by atoms with E-state index in [1.165, 1.54) is 12.8 Å². The second-order valence-corrected chi connectivity index (χ2v) is 6.22. The molecule has 5 heteroatoms. The Balaban J connectivity index is 1.69. The van der Waals surface area contributed by atoms with Crippen LogP contribution in [0.5, 0.6) is 0 Å². The summed E-state index contributed by atoms with van der Waals surface area (Å²) in [7, 11) is 0. The number of imidazole rings is 1. The van der Waals surface area contributed by atoms with Crippen LogP contribution in [-0.2, 0) is 9.53 Å². The van der Waals surface area contributed by atoms with Gasteiger partial charge in [-0.05, 0) is 37.8 Å². The van der Waals surface area contributed by atoms with E-state index in [2.05, 4.69) is 20.9 Å². The third kappa shape index (κ3) is 2.39. The van der Waals surface area contributed by atoms with Gasteiger partial charge in [-0.15, -0.1) is 0 Å². The van der Waals surface area contributed by atoms with Crippen molar-refractivity contribution in [1.82, 2.24) is 9.55 Å². The van der Waals surface area contributed by atoms with E-state index >= 15 is 0 Å². The average Bonchev–Trinajstić information content (AvgIpc) is 3.27. The molecular weight excluding hydrogens is 278 g/mol. The highest BCUT2D eigenvalue weighted by Crippen LogP contribution is 2.35. The van der Waals surface area contributed by atoms with Gasteiger partial charge >= 0.3 is 0 Å². The largest absolute Gasteiger partial charge is 0.368 e. The van der Waals surface area contributed by atoms with E-state index in [0.717, 1.165) is 36.7 Å². The van der Waals surface area contributed by atoms with Crippen molar-refractivity contribution >= 4 is 22.9 Å². The van der Waals surface area contributed by atoms with Crippen LogP contribution in [0.15, 0.2) is 24.3 Å². The van der Waals surface area contributed by atoms with E-state index in [9.17, 15) is 4.79 Å². The topological polar surface area (TPSA) is 56.2 Å². The molecule has 2 fully saturated rings. The number of para-hydroxylation sites is 2. The number of aromatic nitrogens is 2. The van der Waals surface area contributed by atoms with Crippen LogP contribution in [0, 0.1) is 0 Å². The van der Waals surface area contributed by atoms with Crippen molar-refractivity contribution in [1.29, 1.82) is 0 Å². The number of carbonyl (C=O) groups excluding carboxylic acids is 1. The maximum absolute atomic E-state index is 12.4. The minimum atomic E-state index is -0.322. The Labute approximate surface area is 129 Å². The number of hydrogen-bond donors (Lipinski definition) is 1. The quantitative estimate of drug-likeness (QED) is 0.946. The van der Waals surface area contributed by atoms with E-state index in [4.69, 9.17) is 4.74 Å². The Kier molecular flexibility index (Phi) is 3.58. The first-order chi connectivity index (χ1) is 10.8. The SMILES string of the molecule is O=C(Nc1nc2ccccc2n1C1CCCC1)C1CCCO1. The minimum Gasteiger partial charge on any atom is -0.368 e. The molecule has 2 heterocycles. The maximum atomic E-state index is 12.4. The van der Waals surface area contributed by atoms with Crippen LogP contribution in [0.4, 0.5) is 5.95 Å². The zero-order chi connectivity index (χ0) is 14.9. The first kappa shape index (κ1) is 13.8.